The Hall–Kier alpha value is -3.70. The van der Waals surface area contributed by atoms with Gasteiger partial charge in [0.2, 0.25) is 0 Å². The maximum atomic E-state index is 12.9. The van der Waals surface area contributed by atoms with E-state index in [4.69, 9.17) is 0 Å². The molecule has 0 heterocycles. The van der Waals surface area contributed by atoms with Crippen molar-refractivity contribution in [3.8, 4) is 0 Å². The van der Waals surface area contributed by atoms with Gasteiger partial charge in [-0.05, 0) is 0 Å². The molecule has 0 radical (unpaired) electrons. The quantitative estimate of drug-likeness (QED) is 0.149. The van der Waals surface area contributed by atoms with Crippen molar-refractivity contribution in [2.75, 3.05) is 0 Å². The van der Waals surface area contributed by atoms with Crippen molar-refractivity contribution in [2.24, 2.45) is 0 Å². The fourth-order valence-corrected chi connectivity index (χ4v) is 1.75. The first-order valence-electron chi connectivity index (χ1n) is 9.68. The van der Waals surface area contributed by atoms with E-state index in [1.54, 1.807) is 0 Å². The van der Waals surface area contributed by atoms with Gasteiger partial charge in [-0.1, -0.05) is 19.7 Å². The molecule has 0 rings (SSSR count). The van der Waals surface area contributed by atoms with Gasteiger partial charge >= 0.3 is 47.9 Å². The first-order valence-corrected chi connectivity index (χ1v) is 9.68. The van der Waals surface area contributed by atoms with Crippen LogP contribution in [0.15, 0.2) is 75.0 Å². The largest absolute Gasteiger partial charge is 0.468 e. The van der Waals surface area contributed by atoms with Gasteiger partial charge in [-0.25, -0.2) is 4.39 Å². The lowest BCUT2D eigenvalue weighted by Gasteiger charge is -2.31. The van der Waals surface area contributed by atoms with Crippen molar-refractivity contribution in [1.82, 2.24) is 0 Å². The zero-order chi connectivity index (χ0) is 37.1. The minimum absolute atomic E-state index is 0.0396. The van der Waals surface area contributed by atoms with Crippen molar-refractivity contribution >= 4 is 0 Å². The van der Waals surface area contributed by atoms with Gasteiger partial charge in [-0.3, -0.25) is 0 Å². The van der Waals surface area contributed by atoms with Crippen molar-refractivity contribution < 1.29 is 111 Å². The lowest BCUT2D eigenvalue weighted by Crippen LogP contribution is -2.55. The second-order valence-electron chi connectivity index (χ2n) is 6.74. The zero-order valence-corrected chi connectivity index (χ0v) is 20.6. The number of alkyl halides is 16. The van der Waals surface area contributed by atoms with Crippen LogP contribution in [0.5, 0.6) is 0 Å². The lowest BCUT2D eigenvalue weighted by molar-refractivity contribution is -0.374. The third-order valence-corrected chi connectivity index (χ3v) is 3.61. The van der Waals surface area contributed by atoms with Crippen LogP contribution in [0.25, 0.3) is 0 Å². The fourth-order valence-electron chi connectivity index (χ4n) is 1.75. The van der Waals surface area contributed by atoms with Crippen LogP contribution in [0, 0.1) is 0 Å². The van der Waals surface area contributed by atoms with Crippen molar-refractivity contribution in [3.63, 3.8) is 0 Å². The van der Waals surface area contributed by atoms with E-state index in [-0.39, 0.29) is 18.8 Å². The average Bonchev–Trinajstić information content (AvgIpc) is 2.76. The van der Waals surface area contributed by atoms with Crippen molar-refractivity contribution in [3.05, 3.63) is 75.0 Å². The van der Waals surface area contributed by atoms with Gasteiger partial charge < -0.3 is 14.2 Å². The van der Waals surface area contributed by atoms with Gasteiger partial charge in [0, 0.05) is 6.08 Å². The van der Waals surface area contributed by atoms with Gasteiger partial charge in [-0.2, -0.15) is 92.2 Å². The lowest BCUT2D eigenvalue weighted by atomic mass is 10.0. The topological polar surface area (TPSA) is 27.7 Å². The van der Waals surface area contributed by atoms with E-state index in [0.717, 1.165) is 0 Å². The summed E-state index contributed by atoms with van der Waals surface area (Å²) in [5, 5.41) is 0. The standard InChI is InChI=1S/2C7H4F8O.C6H4F6O/c1-2-16-6(12,7(13,14)15)5(10,11)3-4(8)9;1-2-16-7(14,15)5(10,3-4(8)9)6(11,12)13;1-2-13-6(11,12)5(9,10)3-4(7)8/h2*2-3H,1H2;2-3H,1H2. The van der Waals surface area contributed by atoms with E-state index < -0.39 is 84.4 Å². The highest BCUT2D eigenvalue weighted by atomic mass is 19.4. The molecule has 0 saturated carbocycles. The summed E-state index contributed by atoms with van der Waals surface area (Å²) < 4.78 is 274. The van der Waals surface area contributed by atoms with Gasteiger partial charge in [0.25, 0.3) is 18.2 Å². The van der Waals surface area contributed by atoms with Gasteiger partial charge in [0.05, 0.1) is 30.9 Å². The highest BCUT2D eigenvalue weighted by Gasteiger charge is 2.74. The molecule has 0 aromatic rings. The average molecular weight is 718 g/mol. The van der Waals surface area contributed by atoms with Crippen LogP contribution in [-0.4, -0.2) is 47.9 Å². The fraction of sp³-hybridized carbons (Fsp3) is 0.400. The predicted octanol–water partition coefficient (Wildman–Crippen LogP) is 10.7. The van der Waals surface area contributed by atoms with Crippen LogP contribution in [0.2, 0.25) is 0 Å². The second kappa shape index (κ2) is 16.0. The molecule has 0 saturated heterocycles. The van der Waals surface area contributed by atoms with Crippen LogP contribution in [0.3, 0.4) is 0 Å². The van der Waals surface area contributed by atoms with E-state index in [1.165, 1.54) is 0 Å². The van der Waals surface area contributed by atoms with Gasteiger partial charge in [0.15, 0.2) is 0 Å². The first-order chi connectivity index (χ1) is 19.7. The van der Waals surface area contributed by atoms with Crippen LogP contribution >= 0.6 is 0 Å². The third-order valence-electron chi connectivity index (χ3n) is 3.61. The van der Waals surface area contributed by atoms with Gasteiger partial charge in [-0.15, -0.1) is 0 Å². The predicted molar refractivity (Wildman–Crippen MR) is 104 cm³/mol. The van der Waals surface area contributed by atoms with E-state index in [9.17, 15) is 96.6 Å². The molecule has 2 atom stereocenters. The van der Waals surface area contributed by atoms with Crippen molar-refractivity contribution in [1.29, 1.82) is 0 Å². The van der Waals surface area contributed by atoms with E-state index in [1.807, 2.05) is 0 Å². The Morgan fingerprint density at radius 3 is 0.978 bits per heavy atom. The Morgan fingerprint density at radius 2 is 0.711 bits per heavy atom. The molecule has 0 amide bonds. The summed E-state index contributed by atoms with van der Waals surface area (Å²) >= 11 is 0. The number of rotatable bonds is 12. The highest BCUT2D eigenvalue weighted by molar-refractivity contribution is 5.12. The smallest absolute Gasteiger partial charge is 0.454 e. The van der Waals surface area contributed by atoms with Crippen LogP contribution in [-0.2, 0) is 14.2 Å². The molecule has 2 unspecified atom stereocenters. The summed E-state index contributed by atoms with van der Waals surface area (Å²) in [7, 11) is 0. The Balaban J connectivity index is -0.000000592. The zero-order valence-electron chi connectivity index (χ0n) is 20.6. The van der Waals surface area contributed by atoms with E-state index in [2.05, 4.69) is 33.9 Å². The maximum absolute atomic E-state index is 12.9. The Kier molecular flexibility index (Phi) is 16.3. The summed E-state index contributed by atoms with van der Waals surface area (Å²) in [5.41, 5.74) is -5.63. The molecule has 0 fully saturated rings. The van der Waals surface area contributed by atoms with E-state index >= 15 is 0 Å². The van der Waals surface area contributed by atoms with Gasteiger partial charge in [0.1, 0.15) is 0 Å². The van der Waals surface area contributed by atoms with E-state index in [0.29, 0.717) is 0 Å². The number of hydrogen-bond acceptors (Lipinski definition) is 3. The second-order valence-corrected chi connectivity index (χ2v) is 6.74. The molecule has 0 aliphatic rings. The minimum Gasteiger partial charge on any atom is -0.454 e. The van der Waals surface area contributed by atoms with Crippen LogP contribution in [0.4, 0.5) is 96.6 Å². The molecule has 0 aromatic carbocycles. The van der Waals surface area contributed by atoms with Crippen LogP contribution in [0.1, 0.15) is 0 Å². The molecular weight excluding hydrogens is 706 g/mol. The summed E-state index contributed by atoms with van der Waals surface area (Å²) in [6.45, 7) is 7.52. The van der Waals surface area contributed by atoms with Crippen molar-refractivity contribution in [2.45, 2.75) is 47.9 Å². The summed E-state index contributed by atoms with van der Waals surface area (Å²) in [4.78, 5) is 0. The van der Waals surface area contributed by atoms with Crippen LogP contribution < -0.4 is 0 Å². The summed E-state index contributed by atoms with van der Waals surface area (Å²) in [5.74, 6) is -16.2. The maximum Gasteiger partial charge on any atom is 0.468 e. The Labute approximate surface area is 235 Å². The molecule has 0 aliphatic carbocycles. The molecular formula is C20H12F22O3. The number of ether oxygens (including phenoxy) is 3. The molecule has 0 aromatic heterocycles. The number of hydrogen-bond donors (Lipinski definition) is 0. The summed E-state index contributed by atoms with van der Waals surface area (Å²) in [6, 6.07) is 0. The molecule has 3 nitrogen and oxygen atoms in total. The normalized spacial score (nSPS) is 15.1. The molecule has 0 aliphatic heterocycles. The SMILES string of the molecule is C=COC(F)(C(F)(F)F)C(F)(F)C=C(F)F.C=COC(F)(F)C(F)(C=C(F)F)C(F)(F)F.C=COC(F)(F)C(F)(F)C=C(F)F. The molecule has 0 spiro atoms. The molecule has 25 heteroatoms. The molecule has 45 heavy (non-hydrogen) atoms. The minimum atomic E-state index is -6.27. The summed E-state index contributed by atoms with van der Waals surface area (Å²) in [6.07, 6.45) is -37.0. The monoisotopic (exact) mass is 718 g/mol. The molecule has 0 N–H and O–H groups in total. The highest BCUT2D eigenvalue weighted by Crippen LogP contribution is 2.49. The number of halogens is 22. The molecule has 0 bridgehead atoms. The first kappa shape index (κ1) is 45.7. The third kappa shape index (κ3) is 12.7. The Morgan fingerprint density at radius 1 is 0.400 bits per heavy atom. The molecule has 264 valence electrons. The Bertz CT molecular complexity index is 1060.